The second kappa shape index (κ2) is 4.86. The second-order valence-electron chi connectivity index (χ2n) is 4.78. The van der Waals surface area contributed by atoms with Gasteiger partial charge < -0.3 is 14.0 Å². The molecule has 0 saturated carbocycles. The van der Waals surface area contributed by atoms with Crippen LogP contribution in [0.15, 0.2) is 24.3 Å². The summed E-state index contributed by atoms with van der Waals surface area (Å²) in [5.74, 6) is 0.124. The molecule has 0 amide bonds. The molecule has 2 rings (SSSR count). The minimum absolute atomic E-state index is 0.0282. The van der Waals surface area contributed by atoms with Crippen LogP contribution in [0.2, 0.25) is 0 Å². The zero-order chi connectivity index (χ0) is 13.3. The van der Waals surface area contributed by atoms with Gasteiger partial charge >= 0.3 is 13.7 Å². The van der Waals surface area contributed by atoms with Crippen molar-refractivity contribution in [2.75, 3.05) is 0 Å². The maximum absolute atomic E-state index is 12.0. The lowest BCUT2D eigenvalue weighted by molar-refractivity contribution is -0.0498. The molecule has 1 saturated heterocycles. The fourth-order valence-corrected chi connectivity index (χ4v) is 1.70. The molecule has 0 aromatic heterocycles. The molecule has 6 heteroatoms. The van der Waals surface area contributed by atoms with E-state index in [-0.39, 0.29) is 17.5 Å². The van der Waals surface area contributed by atoms with Crippen LogP contribution >= 0.6 is 0 Å². The lowest BCUT2D eigenvalue weighted by Gasteiger charge is -2.21. The Morgan fingerprint density at radius 3 is 2.33 bits per heavy atom. The van der Waals surface area contributed by atoms with Gasteiger partial charge in [0.05, 0.1) is 11.7 Å². The minimum atomic E-state index is -2.81. The van der Waals surface area contributed by atoms with Crippen molar-refractivity contribution in [3.8, 4) is 5.75 Å². The molecule has 1 aliphatic heterocycles. The number of hydrogen-bond acceptors (Lipinski definition) is 3. The SMILES string of the molecule is CC1OB(c2ccc(OC(F)F)cc2)OC1(C)C. The standard InChI is InChI=1S/C12H15BF2O3/c1-8-12(2,3)18-13(17-8)9-4-6-10(7-5-9)16-11(14)15/h4-8,11H,1-3H3. The van der Waals surface area contributed by atoms with Gasteiger partial charge in [0.1, 0.15) is 5.75 Å². The van der Waals surface area contributed by atoms with E-state index < -0.39 is 13.7 Å². The number of ether oxygens (including phenoxy) is 1. The number of hydrogen-bond donors (Lipinski definition) is 0. The lowest BCUT2D eigenvalue weighted by atomic mass is 9.79. The van der Waals surface area contributed by atoms with Gasteiger partial charge in [-0.2, -0.15) is 8.78 Å². The zero-order valence-electron chi connectivity index (χ0n) is 10.5. The molecule has 0 N–H and O–H groups in total. The molecule has 0 bridgehead atoms. The van der Waals surface area contributed by atoms with E-state index in [4.69, 9.17) is 9.31 Å². The molecule has 98 valence electrons. The molecule has 1 heterocycles. The molecule has 3 nitrogen and oxygen atoms in total. The van der Waals surface area contributed by atoms with Crippen molar-refractivity contribution in [1.29, 1.82) is 0 Å². The van der Waals surface area contributed by atoms with Crippen molar-refractivity contribution in [3.05, 3.63) is 24.3 Å². The third-order valence-corrected chi connectivity index (χ3v) is 3.09. The van der Waals surface area contributed by atoms with Gasteiger partial charge in [-0.1, -0.05) is 12.1 Å². The Morgan fingerprint density at radius 1 is 1.28 bits per heavy atom. The Labute approximate surface area is 105 Å². The average molecular weight is 256 g/mol. The predicted octanol–water partition coefficient (Wildman–Crippen LogP) is 2.20. The predicted molar refractivity (Wildman–Crippen MR) is 64.2 cm³/mol. The summed E-state index contributed by atoms with van der Waals surface area (Å²) in [5, 5.41) is 0. The van der Waals surface area contributed by atoms with E-state index in [0.717, 1.165) is 5.46 Å². The molecule has 1 unspecified atom stereocenters. The first-order valence-electron chi connectivity index (χ1n) is 5.76. The highest BCUT2D eigenvalue weighted by molar-refractivity contribution is 6.62. The first-order valence-corrected chi connectivity index (χ1v) is 5.76. The molecule has 0 spiro atoms. The van der Waals surface area contributed by atoms with Crippen molar-refractivity contribution in [3.63, 3.8) is 0 Å². The Hall–Kier alpha value is -1.14. The third-order valence-electron chi connectivity index (χ3n) is 3.09. The highest BCUT2D eigenvalue weighted by Gasteiger charge is 2.43. The molecule has 1 aliphatic rings. The summed E-state index contributed by atoms with van der Waals surface area (Å²) in [6.45, 7) is 3.03. The van der Waals surface area contributed by atoms with Gasteiger partial charge in [0, 0.05) is 0 Å². The van der Waals surface area contributed by atoms with Gasteiger partial charge in [-0.15, -0.1) is 0 Å². The Kier molecular flexibility index (Phi) is 3.59. The highest BCUT2D eigenvalue weighted by atomic mass is 19.3. The van der Waals surface area contributed by atoms with E-state index in [1.165, 1.54) is 12.1 Å². The van der Waals surface area contributed by atoms with Crippen molar-refractivity contribution in [2.45, 2.75) is 39.1 Å². The van der Waals surface area contributed by atoms with Gasteiger partial charge in [-0.05, 0) is 38.4 Å². The first-order chi connectivity index (χ1) is 8.38. The van der Waals surface area contributed by atoms with Gasteiger partial charge in [0.2, 0.25) is 0 Å². The van der Waals surface area contributed by atoms with Crippen molar-refractivity contribution in [2.24, 2.45) is 0 Å². The van der Waals surface area contributed by atoms with Crippen molar-refractivity contribution in [1.82, 2.24) is 0 Å². The van der Waals surface area contributed by atoms with E-state index in [1.807, 2.05) is 20.8 Å². The first kappa shape index (κ1) is 13.3. The number of halogens is 2. The maximum atomic E-state index is 12.0. The van der Waals surface area contributed by atoms with Crippen LogP contribution in [0.5, 0.6) is 5.75 Å². The van der Waals surface area contributed by atoms with Gasteiger partial charge in [-0.25, -0.2) is 0 Å². The van der Waals surface area contributed by atoms with E-state index in [1.54, 1.807) is 12.1 Å². The largest absolute Gasteiger partial charge is 0.494 e. The molecule has 1 atom stereocenters. The number of benzene rings is 1. The molecule has 1 aromatic rings. The molecule has 18 heavy (non-hydrogen) atoms. The maximum Gasteiger partial charge on any atom is 0.494 e. The van der Waals surface area contributed by atoms with E-state index in [2.05, 4.69) is 4.74 Å². The van der Waals surface area contributed by atoms with Crippen LogP contribution in [0, 0.1) is 0 Å². The summed E-state index contributed by atoms with van der Waals surface area (Å²) in [6, 6.07) is 6.28. The van der Waals surface area contributed by atoms with Crippen LogP contribution in [0.4, 0.5) is 8.78 Å². The Bertz CT molecular complexity index is 408. The van der Waals surface area contributed by atoms with Crippen LogP contribution in [-0.4, -0.2) is 25.4 Å². The third kappa shape index (κ3) is 2.81. The van der Waals surface area contributed by atoms with Crippen LogP contribution in [0.3, 0.4) is 0 Å². The van der Waals surface area contributed by atoms with Crippen LogP contribution in [0.25, 0.3) is 0 Å². The van der Waals surface area contributed by atoms with Crippen LogP contribution < -0.4 is 10.2 Å². The number of alkyl halides is 2. The smallest absolute Gasteiger partial charge is 0.435 e. The molecule has 1 fully saturated rings. The topological polar surface area (TPSA) is 27.7 Å². The summed E-state index contributed by atoms with van der Waals surface area (Å²) in [4.78, 5) is 0. The summed E-state index contributed by atoms with van der Waals surface area (Å²) >= 11 is 0. The Balaban J connectivity index is 2.07. The number of rotatable bonds is 3. The summed E-state index contributed by atoms with van der Waals surface area (Å²) in [5.41, 5.74) is 0.428. The van der Waals surface area contributed by atoms with Gasteiger partial charge in [0.15, 0.2) is 0 Å². The van der Waals surface area contributed by atoms with Crippen LogP contribution in [0.1, 0.15) is 20.8 Å². The highest BCUT2D eigenvalue weighted by Crippen LogP contribution is 2.27. The van der Waals surface area contributed by atoms with Crippen LogP contribution in [-0.2, 0) is 9.31 Å². The van der Waals surface area contributed by atoms with E-state index in [0.29, 0.717) is 0 Å². The summed E-state index contributed by atoms with van der Waals surface area (Å²) in [6.07, 6.45) is -0.0282. The lowest BCUT2D eigenvalue weighted by Crippen LogP contribution is -2.34. The molecule has 1 aromatic carbocycles. The Morgan fingerprint density at radius 2 is 1.89 bits per heavy atom. The van der Waals surface area contributed by atoms with E-state index >= 15 is 0 Å². The molecular weight excluding hydrogens is 241 g/mol. The van der Waals surface area contributed by atoms with Crippen molar-refractivity contribution >= 4 is 12.6 Å². The summed E-state index contributed by atoms with van der Waals surface area (Å²) in [7, 11) is -0.462. The molecular formula is C12H15BF2O3. The average Bonchev–Trinajstić information content (AvgIpc) is 2.54. The quantitative estimate of drug-likeness (QED) is 0.776. The minimum Gasteiger partial charge on any atom is -0.435 e. The van der Waals surface area contributed by atoms with Gasteiger partial charge in [-0.3, -0.25) is 0 Å². The fourth-order valence-electron chi connectivity index (χ4n) is 1.70. The normalized spacial score (nSPS) is 22.6. The van der Waals surface area contributed by atoms with E-state index in [9.17, 15) is 8.78 Å². The molecule has 0 aliphatic carbocycles. The molecule has 0 radical (unpaired) electrons. The second-order valence-corrected chi connectivity index (χ2v) is 4.78. The fraction of sp³-hybridized carbons (Fsp3) is 0.500. The van der Waals surface area contributed by atoms with Crippen molar-refractivity contribution < 1.29 is 22.8 Å². The van der Waals surface area contributed by atoms with Gasteiger partial charge in [0.25, 0.3) is 0 Å². The summed E-state index contributed by atoms with van der Waals surface area (Å²) < 4.78 is 39.7. The monoisotopic (exact) mass is 256 g/mol. The zero-order valence-corrected chi connectivity index (χ0v) is 10.5.